The van der Waals surface area contributed by atoms with Crippen LogP contribution in [0.5, 0.6) is 0 Å². The number of likely N-dealkylation sites (tertiary alicyclic amines) is 1. The molecule has 3 nitrogen and oxygen atoms in total. The van der Waals surface area contributed by atoms with Crippen molar-refractivity contribution < 1.29 is 0 Å². The maximum absolute atomic E-state index is 9.09. The number of nitriles is 1. The van der Waals surface area contributed by atoms with Gasteiger partial charge >= 0.3 is 0 Å². The number of rotatable bonds is 3. The predicted molar refractivity (Wildman–Crippen MR) is 70.1 cm³/mol. The van der Waals surface area contributed by atoms with Crippen molar-refractivity contribution in [1.82, 2.24) is 4.90 Å². The summed E-state index contributed by atoms with van der Waals surface area (Å²) in [6.45, 7) is 2.19. The van der Waals surface area contributed by atoms with Crippen LogP contribution in [0.1, 0.15) is 18.4 Å². The summed E-state index contributed by atoms with van der Waals surface area (Å²) in [5.74, 6) is 0. The fourth-order valence-electron chi connectivity index (χ4n) is 2.53. The molecule has 1 atom stereocenters. The second kappa shape index (κ2) is 5.20. The minimum absolute atomic E-state index is 0.617. The van der Waals surface area contributed by atoms with E-state index < -0.39 is 0 Å². The molecule has 0 spiro atoms. The number of likely N-dealkylation sites (N-methyl/N-ethyl adjacent to an activating group) is 2. The molecule has 0 saturated carbocycles. The molecule has 1 aromatic carbocycles. The summed E-state index contributed by atoms with van der Waals surface area (Å²) in [6.07, 6.45) is 2.55. The number of anilines is 1. The first-order valence-electron chi connectivity index (χ1n) is 6.13. The van der Waals surface area contributed by atoms with Gasteiger partial charge in [-0.15, -0.1) is 0 Å². The van der Waals surface area contributed by atoms with Crippen molar-refractivity contribution in [3.63, 3.8) is 0 Å². The second-order valence-electron chi connectivity index (χ2n) is 4.79. The van der Waals surface area contributed by atoms with E-state index in [1.165, 1.54) is 19.4 Å². The number of nitrogens with zero attached hydrogens (tertiary/aromatic N) is 3. The van der Waals surface area contributed by atoms with Crippen LogP contribution in [-0.4, -0.2) is 38.1 Å². The Balaban J connectivity index is 2.09. The van der Waals surface area contributed by atoms with E-state index in [0.717, 1.165) is 17.8 Å². The highest BCUT2D eigenvalue weighted by molar-refractivity contribution is 5.58. The highest BCUT2D eigenvalue weighted by Gasteiger charge is 2.22. The number of para-hydroxylation sites is 1. The second-order valence-corrected chi connectivity index (χ2v) is 4.79. The molecule has 3 heteroatoms. The Morgan fingerprint density at radius 1 is 1.47 bits per heavy atom. The van der Waals surface area contributed by atoms with Crippen LogP contribution in [0.15, 0.2) is 24.3 Å². The molecule has 0 aromatic heterocycles. The molecular formula is C14H19N3. The average Bonchev–Trinajstić information content (AvgIpc) is 2.75. The van der Waals surface area contributed by atoms with Crippen molar-refractivity contribution in [2.45, 2.75) is 18.9 Å². The lowest BCUT2D eigenvalue weighted by Gasteiger charge is -2.27. The maximum atomic E-state index is 9.09. The minimum Gasteiger partial charge on any atom is -0.372 e. The Kier molecular flexibility index (Phi) is 3.65. The highest BCUT2D eigenvalue weighted by Crippen LogP contribution is 2.21. The van der Waals surface area contributed by atoms with Gasteiger partial charge in [0.25, 0.3) is 0 Å². The van der Waals surface area contributed by atoms with E-state index >= 15 is 0 Å². The monoisotopic (exact) mass is 229 g/mol. The van der Waals surface area contributed by atoms with E-state index in [2.05, 4.69) is 30.0 Å². The molecule has 1 aromatic rings. The first-order valence-corrected chi connectivity index (χ1v) is 6.13. The summed E-state index contributed by atoms with van der Waals surface area (Å²) in [5, 5.41) is 9.09. The summed E-state index contributed by atoms with van der Waals surface area (Å²) in [4.78, 5) is 4.61. The van der Waals surface area contributed by atoms with Gasteiger partial charge in [-0.1, -0.05) is 12.1 Å². The first-order chi connectivity index (χ1) is 8.22. The van der Waals surface area contributed by atoms with Gasteiger partial charge in [-0.2, -0.15) is 5.26 Å². The lowest BCUT2D eigenvalue weighted by atomic mass is 10.1. The minimum atomic E-state index is 0.617. The van der Waals surface area contributed by atoms with Crippen LogP contribution in [0, 0.1) is 11.3 Å². The number of hydrogen-bond acceptors (Lipinski definition) is 3. The van der Waals surface area contributed by atoms with Gasteiger partial charge in [-0.3, -0.25) is 0 Å². The van der Waals surface area contributed by atoms with E-state index in [9.17, 15) is 0 Å². The Morgan fingerprint density at radius 3 is 2.88 bits per heavy atom. The fraction of sp³-hybridized carbons (Fsp3) is 0.500. The molecule has 1 saturated heterocycles. The molecule has 1 heterocycles. The largest absolute Gasteiger partial charge is 0.372 e. The zero-order valence-corrected chi connectivity index (χ0v) is 10.6. The Bertz CT molecular complexity index is 422. The van der Waals surface area contributed by atoms with E-state index in [4.69, 9.17) is 5.26 Å². The quantitative estimate of drug-likeness (QED) is 0.795. The molecule has 0 aliphatic carbocycles. The lowest BCUT2D eigenvalue weighted by Crippen LogP contribution is -2.36. The van der Waals surface area contributed by atoms with Crippen molar-refractivity contribution >= 4 is 5.69 Å². The highest BCUT2D eigenvalue weighted by atomic mass is 15.2. The third-order valence-electron chi connectivity index (χ3n) is 3.59. The van der Waals surface area contributed by atoms with Crippen LogP contribution >= 0.6 is 0 Å². The molecular weight excluding hydrogens is 210 g/mol. The molecule has 2 rings (SSSR count). The van der Waals surface area contributed by atoms with Gasteiger partial charge in [0.15, 0.2) is 0 Å². The lowest BCUT2D eigenvalue weighted by molar-refractivity contribution is 0.314. The molecule has 90 valence electrons. The molecule has 1 aliphatic rings. The molecule has 17 heavy (non-hydrogen) atoms. The SMILES string of the molecule is CN(CC1CCCN1C)c1ccccc1C#N. The molecule has 0 N–H and O–H groups in total. The van der Waals surface area contributed by atoms with E-state index in [-0.39, 0.29) is 0 Å². The van der Waals surface area contributed by atoms with Gasteiger partial charge in [0.05, 0.1) is 11.3 Å². The van der Waals surface area contributed by atoms with Crippen molar-refractivity contribution in [2.75, 3.05) is 32.1 Å². The van der Waals surface area contributed by atoms with Gasteiger partial charge in [0.2, 0.25) is 0 Å². The van der Waals surface area contributed by atoms with Crippen LogP contribution in [0.4, 0.5) is 5.69 Å². The maximum Gasteiger partial charge on any atom is 0.101 e. The van der Waals surface area contributed by atoms with Gasteiger partial charge in [-0.05, 0) is 38.6 Å². The standard InChI is InChI=1S/C14H19N3/c1-16-9-5-7-13(16)11-17(2)14-8-4-3-6-12(14)10-15/h3-4,6,8,13H,5,7,9,11H2,1-2H3. The smallest absolute Gasteiger partial charge is 0.101 e. The van der Waals surface area contributed by atoms with Crippen molar-refractivity contribution in [3.8, 4) is 6.07 Å². The van der Waals surface area contributed by atoms with Crippen LogP contribution in [0.2, 0.25) is 0 Å². The summed E-state index contributed by atoms with van der Waals surface area (Å²) >= 11 is 0. The van der Waals surface area contributed by atoms with Crippen LogP contribution in [0.3, 0.4) is 0 Å². The fourth-order valence-corrected chi connectivity index (χ4v) is 2.53. The summed E-state index contributed by atoms with van der Waals surface area (Å²) < 4.78 is 0. The van der Waals surface area contributed by atoms with Gasteiger partial charge in [0, 0.05) is 19.6 Å². The van der Waals surface area contributed by atoms with Crippen LogP contribution in [-0.2, 0) is 0 Å². The summed E-state index contributed by atoms with van der Waals surface area (Å²) in [5.41, 5.74) is 1.80. The first kappa shape index (κ1) is 11.9. The van der Waals surface area contributed by atoms with E-state index in [0.29, 0.717) is 6.04 Å². The third-order valence-corrected chi connectivity index (χ3v) is 3.59. The summed E-state index contributed by atoms with van der Waals surface area (Å²) in [6, 6.07) is 10.7. The molecule has 0 amide bonds. The molecule has 0 radical (unpaired) electrons. The van der Waals surface area contributed by atoms with Crippen LogP contribution in [0.25, 0.3) is 0 Å². The Hall–Kier alpha value is -1.53. The Labute approximate surface area is 103 Å². The molecule has 0 bridgehead atoms. The molecule has 1 aliphatic heterocycles. The predicted octanol–water partition coefficient (Wildman–Crippen LogP) is 2.09. The molecule has 1 fully saturated rings. The van der Waals surface area contributed by atoms with Crippen molar-refractivity contribution in [3.05, 3.63) is 29.8 Å². The van der Waals surface area contributed by atoms with E-state index in [1.54, 1.807) is 0 Å². The van der Waals surface area contributed by atoms with Gasteiger partial charge in [0.1, 0.15) is 6.07 Å². The van der Waals surface area contributed by atoms with Crippen molar-refractivity contribution in [1.29, 1.82) is 5.26 Å². The normalized spacial score (nSPS) is 20.2. The average molecular weight is 229 g/mol. The third kappa shape index (κ3) is 2.59. The summed E-state index contributed by atoms with van der Waals surface area (Å²) in [7, 11) is 4.25. The van der Waals surface area contributed by atoms with Gasteiger partial charge < -0.3 is 9.80 Å². The van der Waals surface area contributed by atoms with E-state index in [1.807, 2.05) is 24.3 Å². The van der Waals surface area contributed by atoms with Crippen molar-refractivity contribution in [2.24, 2.45) is 0 Å². The van der Waals surface area contributed by atoms with Crippen LogP contribution < -0.4 is 4.90 Å². The number of hydrogen-bond donors (Lipinski definition) is 0. The zero-order chi connectivity index (χ0) is 12.3. The van der Waals surface area contributed by atoms with Gasteiger partial charge in [-0.25, -0.2) is 0 Å². The molecule has 1 unspecified atom stereocenters. The topological polar surface area (TPSA) is 30.3 Å². The Morgan fingerprint density at radius 2 is 2.24 bits per heavy atom. The zero-order valence-electron chi connectivity index (χ0n) is 10.6. The number of benzene rings is 1.